The fraction of sp³-hybridized carbons (Fsp3) is 0.0357. The van der Waals surface area contributed by atoms with Gasteiger partial charge in [-0.05, 0) is 141 Å². The number of halogens is 1. The van der Waals surface area contributed by atoms with Crippen LogP contribution >= 0.6 is 11.6 Å². The molecule has 0 aliphatic heterocycles. The molecule has 280 valence electrons. The molecule has 1 spiro atoms. The Bertz CT molecular complexity index is 2920. The van der Waals surface area contributed by atoms with Crippen molar-refractivity contribution in [1.29, 1.82) is 0 Å². The molecule has 0 saturated carbocycles. The van der Waals surface area contributed by atoms with E-state index < -0.39 is 5.41 Å². The summed E-state index contributed by atoms with van der Waals surface area (Å²) in [6, 6.07) is 79.2. The molecule has 0 heterocycles. The first-order valence-electron chi connectivity index (χ1n) is 20.2. The van der Waals surface area contributed by atoms with Gasteiger partial charge in [0.25, 0.3) is 0 Å². The summed E-state index contributed by atoms with van der Waals surface area (Å²) >= 11 is 6.86. The first kappa shape index (κ1) is 35.1. The molecule has 0 N–H and O–H groups in total. The molecule has 59 heavy (non-hydrogen) atoms. The molecule has 0 atom stereocenters. The predicted molar refractivity (Wildman–Crippen MR) is 247 cm³/mol. The number of nitrogens with zero attached hydrogens (tertiary/aromatic N) is 2. The van der Waals surface area contributed by atoms with Gasteiger partial charge in [0.1, 0.15) is 0 Å². The highest BCUT2D eigenvalue weighted by Crippen LogP contribution is 2.64. The fourth-order valence-corrected chi connectivity index (χ4v) is 10.2. The maximum atomic E-state index is 6.86. The molecule has 0 amide bonds. The van der Waals surface area contributed by atoms with Gasteiger partial charge < -0.3 is 9.80 Å². The van der Waals surface area contributed by atoms with Crippen LogP contribution in [-0.4, -0.2) is 0 Å². The normalized spacial score (nSPS) is 12.7. The lowest BCUT2D eigenvalue weighted by molar-refractivity contribution is 0.796. The molecule has 0 aromatic heterocycles. The van der Waals surface area contributed by atoms with E-state index in [1.54, 1.807) is 0 Å². The van der Waals surface area contributed by atoms with Gasteiger partial charge in [0.05, 0.1) is 5.41 Å². The zero-order valence-electron chi connectivity index (χ0n) is 32.6. The first-order valence-corrected chi connectivity index (χ1v) is 20.6. The summed E-state index contributed by atoms with van der Waals surface area (Å²) in [6.45, 7) is 2.11. The second kappa shape index (κ2) is 14.1. The average molecular weight is 775 g/mol. The van der Waals surface area contributed by atoms with Crippen LogP contribution in [0.1, 0.15) is 27.8 Å². The monoisotopic (exact) mass is 774 g/mol. The zero-order valence-corrected chi connectivity index (χ0v) is 33.3. The minimum Gasteiger partial charge on any atom is -0.310 e. The number of hydrogen-bond donors (Lipinski definition) is 0. The van der Waals surface area contributed by atoms with Crippen LogP contribution in [-0.2, 0) is 5.41 Å². The Kier molecular flexibility index (Phi) is 8.35. The summed E-state index contributed by atoms with van der Waals surface area (Å²) in [6.07, 6.45) is 0. The summed E-state index contributed by atoms with van der Waals surface area (Å²) in [4.78, 5) is 4.65. The molecule has 9 aromatic rings. The number of para-hydroxylation sites is 2. The van der Waals surface area contributed by atoms with E-state index in [1.165, 1.54) is 50.1 Å². The highest BCUT2D eigenvalue weighted by atomic mass is 35.5. The number of benzene rings is 9. The first-order chi connectivity index (χ1) is 29.1. The third-order valence-electron chi connectivity index (χ3n) is 12.1. The molecule has 0 fully saturated rings. The van der Waals surface area contributed by atoms with Gasteiger partial charge in [-0.3, -0.25) is 0 Å². The van der Waals surface area contributed by atoms with Crippen molar-refractivity contribution in [3.8, 4) is 33.4 Å². The predicted octanol–water partition coefficient (Wildman–Crippen LogP) is 15.6. The Morgan fingerprint density at radius 3 is 1.34 bits per heavy atom. The summed E-state index contributed by atoms with van der Waals surface area (Å²) < 4.78 is 0. The molecule has 0 unspecified atom stereocenters. The fourth-order valence-electron chi connectivity index (χ4n) is 9.87. The second-order valence-electron chi connectivity index (χ2n) is 15.5. The van der Waals surface area contributed by atoms with Gasteiger partial charge in [0, 0.05) is 39.1 Å². The summed E-state index contributed by atoms with van der Waals surface area (Å²) in [5.74, 6) is 0. The lowest BCUT2D eigenvalue weighted by Crippen LogP contribution is -2.26. The lowest BCUT2D eigenvalue weighted by atomic mass is 9.68. The maximum absolute atomic E-state index is 6.86. The van der Waals surface area contributed by atoms with Gasteiger partial charge in [-0.25, -0.2) is 0 Å². The van der Waals surface area contributed by atoms with Crippen LogP contribution in [0.15, 0.2) is 218 Å². The molecule has 9 aromatic carbocycles. The van der Waals surface area contributed by atoms with Gasteiger partial charge in [-0.15, -0.1) is 0 Å². The number of aryl methyl sites for hydroxylation is 1. The van der Waals surface area contributed by atoms with E-state index in [-0.39, 0.29) is 0 Å². The molecular weight excluding hydrogens is 736 g/mol. The van der Waals surface area contributed by atoms with Crippen LogP contribution in [0.2, 0.25) is 5.02 Å². The van der Waals surface area contributed by atoms with Crippen LogP contribution < -0.4 is 9.80 Å². The molecule has 0 saturated heterocycles. The Balaban J connectivity index is 1.12. The van der Waals surface area contributed by atoms with Crippen LogP contribution in [0.4, 0.5) is 34.1 Å². The van der Waals surface area contributed by atoms with E-state index in [0.29, 0.717) is 5.02 Å². The van der Waals surface area contributed by atoms with Crippen molar-refractivity contribution in [2.45, 2.75) is 12.3 Å². The molecular formula is C56H39ClN2. The van der Waals surface area contributed by atoms with Crippen LogP contribution in [0.3, 0.4) is 0 Å². The summed E-state index contributed by atoms with van der Waals surface area (Å²) in [5.41, 5.74) is 19.9. The topological polar surface area (TPSA) is 6.48 Å². The summed E-state index contributed by atoms with van der Waals surface area (Å²) in [7, 11) is 0. The molecule has 2 nitrogen and oxygen atoms in total. The van der Waals surface area contributed by atoms with Gasteiger partial charge in [0.15, 0.2) is 0 Å². The zero-order chi connectivity index (χ0) is 39.5. The number of anilines is 6. The van der Waals surface area contributed by atoms with Crippen molar-refractivity contribution in [2.75, 3.05) is 9.80 Å². The van der Waals surface area contributed by atoms with Crippen LogP contribution in [0.25, 0.3) is 33.4 Å². The van der Waals surface area contributed by atoms with Crippen molar-refractivity contribution < 1.29 is 0 Å². The van der Waals surface area contributed by atoms with E-state index in [1.807, 2.05) is 6.07 Å². The molecule has 2 aliphatic rings. The van der Waals surface area contributed by atoms with Crippen molar-refractivity contribution >= 4 is 45.7 Å². The standard InChI is InChI=1S/C56H39ClN2/c1-38-33-40(57)36-46(34-38)59(45-24-15-23-44(37-45)58(41-18-4-2-5-19-41)42-20-6-3-7-21-42)43-22-14-17-39(35-43)47-28-16-29-51-50-27-10-13-32-54(50)56(55(47)51)52-30-11-8-25-48(52)49-26-9-12-31-53(49)56/h2-37H,1H3. The third kappa shape index (κ3) is 5.56. The highest BCUT2D eigenvalue weighted by Gasteiger charge is 2.52. The molecule has 11 rings (SSSR count). The maximum Gasteiger partial charge on any atom is 0.0731 e. The van der Waals surface area contributed by atoms with Gasteiger partial charge >= 0.3 is 0 Å². The van der Waals surface area contributed by atoms with E-state index in [4.69, 9.17) is 11.6 Å². The smallest absolute Gasteiger partial charge is 0.0731 e. The molecule has 0 radical (unpaired) electrons. The minimum atomic E-state index is -0.456. The van der Waals surface area contributed by atoms with E-state index in [0.717, 1.165) is 45.3 Å². The second-order valence-corrected chi connectivity index (χ2v) is 16.0. The van der Waals surface area contributed by atoms with Gasteiger partial charge in [-0.1, -0.05) is 157 Å². The minimum absolute atomic E-state index is 0.456. The van der Waals surface area contributed by atoms with Crippen molar-refractivity contribution in [2.24, 2.45) is 0 Å². The Morgan fingerprint density at radius 2 is 0.763 bits per heavy atom. The average Bonchev–Trinajstić information content (AvgIpc) is 3.75. The van der Waals surface area contributed by atoms with Gasteiger partial charge in [-0.2, -0.15) is 0 Å². The van der Waals surface area contributed by atoms with Crippen molar-refractivity contribution in [3.63, 3.8) is 0 Å². The van der Waals surface area contributed by atoms with Crippen LogP contribution in [0, 0.1) is 6.92 Å². The Labute approximate surface area is 350 Å². The number of rotatable bonds is 7. The van der Waals surface area contributed by atoms with E-state index in [2.05, 4.69) is 229 Å². The number of fused-ring (bicyclic) bond motifs is 10. The van der Waals surface area contributed by atoms with Crippen LogP contribution in [0.5, 0.6) is 0 Å². The quantitative estimate of drug-likeness (QED) is 0.159. The molecule has 2 aliphatic carbocycles. The SMILES string of the molecule is Cc1cc(Cl)cc(N(c2cccc(-c3cccc4c3C3(c5ccccc5-c5ccccc53)c3ccccc3-4)c2)c2cccc(N(c3ccccc3)c3ccccc3)c2)c1. The Morgan fingerprint density at radius 1 is 0.339 bits per heavy atom. The third-order valence-corrected chi connectivity index (χ3v) is 12.3. The number of hydrogen-bond acceptors (Lipinski definition) is 2. The summed E-state index contributed by atoms with van der Waals surface area (Å²) in [5, 5.41) is 0.701. The molecule has 0 bridgehead atoms. The molecule has 3 heteroatoms. The highest BCUT2D eigenvalue weighted by molar-refractivity contribution is 6.31. The van der Waals surface area contributed by atoms with Crippen molar-refractivity contribution in [1.82, 2.24) is 0 Å². The van der Waals surface area contributed by atoms with Crippen molar-refractivity contribution in [3.05, 3.63) is 251 Å². The largest absolute Gasteiger partial charge is 0.310 e. The Hall–Kier alpha value is -7.13. The van der Waals surface area contributed by atoms with E-state index >= 15 is 0 Å². The lowest BCUT2D eigenvalue weighted by Gasteiger charge is -2.32. The van der Waals surface area contributed by atoms with E-state index in [9.17, 15) is 0 Å². The van der Waals surface area contributed by atoms with Gasteiger partial charge in [0.2, 0.25) is 0 Å².